The number of nitrogens with zero attached hydrogens (tertiary/aromatic N) is 5. The predicted molar refractivity (Wildman–Crippen MR) is 65.2 cm³/mol. The Morgan fingerprint density at radius 2 is 2.29 bits per heavy atom. The first kappa shape index (κ1) is 12.4. The summed E-state index contributed by atoms with van der Waals surface area (Å²) in [7, 11) is 0. The summed E-state index contributed by atoms with van der Waals surface area (Å²) >= 11 is 0. The summed E-state index contributed by atoms with van der Waals surface area (Å²) in [6.07, 6.45) is 3.19. The standard InChI is InChI=1S/C11H22N6/c1-3-5-17-11(13-14-15-17)8-16-6-4-10(12)7-9(16)2/h9-10H,3-8,12H2,1-2H3. The Bertz CT molecular complexity index is 349. The van der Waals surface area contributed by atoms with Gasteiger partial charge in [0, 0.05) is 25.2 Å². The fraction of sp³-hybridized carbons (Fsp3) is 0.909. The van der Waals surface area contributed by atoms with Gasteiger partial charge in [-0.15, -0.1) is 5.10 Å². The average molecular weight is 238 g/mol. The van der Waals surface area contributed by atoms with Crippen LogP contribution in [0, 0.1) is 0 Å². The van der Waals surface area contributed by atoms with Crippen LogP contribution >= 0.6 is 0 Å². The summed E-state index contributed by atoms with van der Waals surface area (Å²) in [4.78, 5) is 2.42. The molecule has 1 aromatic heterocycles. The van der Waals surface area contributed by atoms with E-state index in [0.717, 1.165) is 44.7 Å². The summed E-state index contributed by atoms with van der Waals surface area (Å²) in [6, 6.07) is 0.874. The number of nitrogens with two attached hydrogens (primary N) is 1. The van der Waals surface area contributed by atoms with Crippen LogP contribution in [-0.4, -0.2) is 43.7 Å². The molecule has 0 spiro atoms. The van der Waals surface area contributed by atoms with Crippen molar-refractivity contribution in [3.8, 4) is 0 Å². The maximum absolute atomic E-state index is 5.97. The molecule has 6 nitrogen and oxygen atoms in total. The highest BCUT2D eigenvalue weighted by Gasteiger charge is 2.24. The topological polar surface area (TPSA) is 72.9 Å². The molecule has 2 rings (SSSR count). The largest absolute Gasteiger partial charge is 0.328 e. The van der Waals surface area contributed by atoms with E-state index < -0.39 is 0 Å². The van der Waals surface area contributed by atoms with Crippen molar-refractivity contribution in [3.05, 3.63) is 5.82 Å². The molecule has 96 valence electrons. The van der Waals surface area contributed by atoms with Crippen molar-refractivity contribution in [2.75, 3.05) is 6.54 Å². The van der Waals surface area contributed by atoms with E-state index in [0.29, 0.717) is 12.1 Å². The van der Waals surface area contributed by atoms with Gasteiger partial charge in [0.2, 0.25) is 0 Å². The third kappa shape index (κ3) is 3.01. The SMILES string of the molecule is CCCn1nnnc1CN1CCC(N)CC1C. The first-order chi connectivity index (χ1) is 8.20. The lowest BCUT2D eigenvalue weighted by atomic mass is 9.99. The second-order valence-electron chi connectivity index (χ2n) is 4.92. The zero-order valence-electron chi connectivity index (χ0n) is 10.7. The lowest BCUT2D eigenvalue weighted by Gasteiger charge is -2.35. The first-order valence-corrected chi connectivity index (χ1v) is 6.45. The van der Waals surface area contributed by atoms with E-state index in [2.05, 4.69) is 34.3 Å². The zero-order chi connectivity index (χ0) is 12.3. The second-order valence-corrected chi connectivity index (χ2v) is 4.92. The van der Waals surface area contributed by atoms with Crippen LogP contribution in [0.15, 0.2) is 0 Å². The van der Waals surface area contributed by atoms with Gasteiger partial charge in [0.25, 0.3) is 0 Å². The van der Waals surface area contributed by atoms with Crippen molar-refractivity contribution in [1.29, 1.82) is 0 Å². The molecule has 1 aliphatic heterocycles. The van der Waals surface area contributed by atoms with Gasteiger partial charge in [0.1, 0.15) is 0 Å². The quantitative estimate of drug-likeness (QED) is 0.821. The minimum atomic E-state index is 0.355. The molecule has 0 aromatic carbocycles. The normalized spacial score (nSPS) is 26.3. The van der Waals surface area contributed by atoms with Crippen LogP contribution in [-0.2, 0) is 13.1 Å². The molecule has 2 N–H and O–H groups in total. The van der Waals surface area contributed by atoms with Crippen LogP contribution in [0.25, 0.3) is 0 Å². The molecule has 2 heterocycles. The number of rotatable bonds is 4. The van der Waals surface area contributed by atoms with Crippen LogP contribution in [0.2, 0.25) is 0 Å². The molecule has 1 aromatic rings. The molecule has 6 heteroatoms. The molecule has 0 amide bonds. The molecule has 0 aliphatic carbocycles. The molecule has 1 saturated heterocycles. The number of tetrazole rings is 1. The van der Waals surface area contributed by atoms with Crippen molar-refractivity contribution < 1.29 is 0 Å². The number of hydrogen-bond acceptors (Lipinski definition) is 5. The summed E-state index contributed by atoms with van der Waals surface area (Å²) in [5.74, 6) is 0.967. The maximum Gasteiger partial charge on any atom is 0.165 e. The lowest BCUT2D eigenvalue weighted by molar-refractivity contribution is 0.134. The van der Waals surface area contributed by atoms with Gasteiger partial charge >= 0.3 is 0 Å². The van der Waals surface area contributed by atoms with Gasteiger partial charge in [-0.05, 0) is 36.6 Å². The van der Waals surface area contributed by atoms with Crippen LogP contribution < -0.4 is 5.73 Å². The van der Waals surface area contributed by atoms with E-state index in [-0.39, 0.29) is 0 Å². The molecular formula is C11H22N6. The van der Waals surface area contributed by atoms with Crippen LogP contribution in [0.4, 0.5) is 0 Å². The first-order valence-electron chi connectivity index (χ1n) is 6.45. The Balaban J connectivity index is 1.97. The highest BCUT2D eigenvalue weighted by atomic mass is 15.5. The van der Waals surface area contributed by atoms with Crippen molar-refractivity contribution in [2.24, 2.45) is 5.73 Å². The van der Waals surface area contributed by atoms with Crippen molar-refractivity contribution in [2.45, 2.75) is 58.3 Å². The monoisotopic (exact) mass is 238 g/mol. The number of piperidine rings is 1. The van der Waals surface area contributed by atoms with Crippen molar-refractivity contribution in [1.82, 2.24) is 25.1 Å². The predicted octanol–water partition coefficient (Wildman–Crippen LogP) is 0.395. The van der Waals surface area contributed by atoms with Gasteiger partial charge < -0.3 is 5.73 Å². The molecule has 1 fully saturated rings. The van der Waals surface area contributed by atoms with Gasteiger partial charge in [-0.3, -0.25) is 4.90 Å². The van der Waals surface area contributed by atoms with Gasteiger partial charge in [0.15, 0.2) is 5.82 Å². The Labute approximate surface area is 102 Å². The number of likely N-dealkylation sites (tertiary alicyclic amines) is 1. The third-order valence-corrected chi connectivity index (χ3v) is 3.44. The van der Waals surface area contributed by atoms with E-state index in [1.807, 2.05) is 4.68 Å². The van der Waals surface area contributed by atoms with Crippen LogP contribution in [0.3, 0.4) is 0 Å². The minimum Gasteiger partial charge on any atom is -0.328 e. The van der Waals surface area contributed by atoms with Gasteiger partial charge in [-0.25, -0.2) is 4.68 Å². The van der Waals surface area contributed by atoms with E-state index in [9.17, 15) is 0 Å². The van der Waals surface area contributed by atoms with Crippen LogP contribution in [0.1, 0.15) is 38.9 Å². The van der Waals surface area contributed by atoms with Crippen molar-refractivity contribution >= 4 is 0 Å². The molecule has 2 atom stereocenters. The summed E-state index contributed by atoms with van der Waals surface area (Å²) in [5.41, 5.74) is 5.97. The number of aryl methyl sites for hydroxylation is 1. The zero-order valence-corrected chi connectivity index (χ0v) is 10.7. The highest BCUT2D eigenvalue weighted by molar-refractivity contribution is 4.87. The Hall–Kier alpha value is -1.01. The summed E-state index contributed by atoms with van der Waals surface area (Å²) in [6.45, 7) is 7.13. The lowest BCUT2D eigenvalue weighted by Crippen LogP contribution is -2.45. The summed E-state index contributed by atoms with van der Waals surface area (Å²) in [5, 5.41) is 11.9. The minimum absolute atomic E-state index is 0.355. The van der Waals surface area contributed by atoms with Crippen LogP contribution in [0.5, 0.6) is 0 Å². The summed E-state index contributed by atoms with van der Waals surface area (Å²) < 4.78 is 1.90. The Kier molecular flexibility index (Phi) is 4.06. The Morgan fingerprint density at radius 3 is 3.00 bits per heavy atom. The molecule has 17 heavy (non-hydrogen) atoms. The average Bonchev–Trinajstić information content (AvgIpc) is 2.71. The molecule has 1 aliphatic rings. The Morgan fingerprint density at radius 1 is 1.47 bits per heavy atom. The fourth-order valence-electron chi connectivity index (χ4n) is 2.40. The van der Waals surface area contributed by atoms with Crippen molar-refractivity contribution in [3.63, 3.8) is 0 Å². The van der Waals surface area contributed by atoms with Gasteiger partial charge in [-0.1, -0.05) is 6.92 Å². The second kappa shape index (κ2) is 5.55. The number of hydrogen-bond donors (Lipinski definition) is 1. The van der Waals surface area contributed by atoms with Gasteiger partial charge in [-0.2, -0.15) is 0 Å². The molecule has 0 bridgehead atoms. The van der Waals surface area contributed by atoms with E-state index >= 15 is 0 Å². The maximum atomic E-state index is 5.97. The third-order valence-electron chi connectivity index (χ3n) is 3.44. The molecule has 0 radical (unpaired) electrons. The van der Waals surface area contributed by atoms with E-state index in [4.69, 9.17) is 5.73 Å². The number of aromatic nitrogens is 4. The fourth-order valence-corrected chi connectivity index (χ4v) is 2.40. The molecular weight excluding hydrogens is 216 g/mol. The molecule has 2 unspecified atom stereocenters. The van der Waals surface area contributed by atoms with Gasteiger partial charge in [0.05, 0.1) is 6.54 Å². The highest BCUT2D eigenvalue weighted by Crippen LogP contribution is 2.17. The van der Waals surface area contributed by atoms with E-state index in [1.54, 1.807) is 0 Å². The molecule has 0 saturated carbocycles. The van der Waals surface area contributed by atoms with E-state index in [1.165, 1.54) is 0 Å². The smallest absolute Gasteiger partial charge is 0.165 e.